The second kappa shape index (κ2) is 6.16. The SMILES string of the molecule is Cc1c(NC(=O)N2CCCC(C)C2C)cccc1C(=O)O. The lowest BCUT2D eigenvalue weighted by molar-refractivity contribution is 0.0696. The lowest BCUT2D eigenvalue weighted by Crippen LogP contribution is -2.48. The molecule has 1 fully saturated rings. The molecule has 0 aromatic heterocycles. The number of rotatable bonds is 2. The number of anilines is 1. The van der Waals surface area contributed by atoms with Gasteiger partial charge in [0.05, 0.1) is 5.56 Å². The van der Waals surface area contributed by atoms with Crippen LogP contribution in [0.2, 0.25) is 0 Å². The van der Waals surface area contributed by atoms with Gasteiger partial charge in [0.15, 0.2) is 0 Å². The minimum atomic E-state index is -0.983. The third-order valence-electron chi connectivity index (χ3n) is 4.44. The van der Waals surface area contributed by atoms with Gasteiger partial charge in [0.1, 0.15) is 0 Å². The van der Waals surface area contributed by atoms with E-state index in [1.807, 2.05) is 4.90 Å². The van der Waals surface area contributed by atoms with Gasteiger partial charge >= 0.3 is 12.0 Å². The van der Waals surface area contributed by atoms with E-state index in [0.717, 1.165) is 19.4 Å². The fraction of sp³-hybridized carbons (Fsp3) is 0.500. The van der Waals surface area contributed by atoms with Crippen LogP contribution in [0, 0.1) is 12.8 Å². The van der Waals surface area contributed by atoms with Crippen molar-refractivity contribution < 1.29 is 14.7 Å². The molecule has 0 radical (unpaired) electrons. The molecule has 1 aliphatic heterocycles. The van der Waals surface area contributed by atoms with E-state index in [1.54, 1.807) is 25.1 Å². The Morgan fingerprint density at radius 2 is 2.05 bits per heavy atom. The van der Waals surface area contributed by atoms with Crippen molar-refractivity contribution in [3.8, 4) is 0 Å². The molecule has 1 heterocycles. The topological polar surface area (TPSA) is 69.6 Å². The number of piperidine rings is 1. The van der Waals surface area contributed by atoms with Crippen LogP contribution in [-0.4, -0.2) is 34.6 Å². The number of likely N-dealkylation sites (tertiary alicyclic amines) is 1. The largest absolute Gasteiger partial charge is 0.478 e. The molecule has 114 valence electrons. The van der Waals surface area contributed by atoms with Gasteiger partial charge in [-0.1, -0.05) is 13.0 Å². The van der Waals surface area contributed by atoms with Crippen LogP contribution in [0.1, 0.15) is 42.6 Å². The van der Waals surface area contributed by atoms with E-state index in [-0.39, 0.29) is 17.6 Å². The zero-order chi connectivity index (χ0) is 15.6. The fourth-order valence-corrected chi connectivity index (χ4v) is 2.81. The van der Waals surface area contributed by atoms with Crippen molar-refractivity contribution >= 4 is 17.7 Å². The molecule has 1 aliphatic rings. The molecule has 0 saturated carbocycles. The van der Waals surface area contributed by atoms with Crippen molar-refractivity contribution in [1.82, 2.24) is 4.90 Å². The lowest BCUT2D eigenvalue weighted by Gasteiger charge is -2.37. The van der Waals surface area contributed by atoms with Crippen LogP contribution in [0.5, 0.6) is 0 Å². The number of hydrogen-bond acceptors (Lipinski definition) is 2. The molecule has 2 amide bonds. The molecule has 21 heavy (non-hydrogen) atoms. The summed E-state index contributed by atoms with van der Waals surface area (Å²) in [6, 6.07) is 4.96. The highest BCUT2D eigenvalue weighted by atomic mass is 16.4. The average Bonchev–Trinajstić information content (AvgIpc) is 2.43. The van der Waals surface area contributed by atoms with Crippen LogP contribution in [0.25, 0.3) is 0 Å². The number of carbonyl (C=O) groups is 2. The van der Waals surface area contributed by atoms with Crippen molar-refractivity contribution in [2.45, 2.75) is 39.7 Å². The number of urea groups is 1. The smallest absolute Gasteiger partial charge is 0.336 e. The normalized spacial score (nSPS) is 22.0. The van der Waals surface area contributed by atoms with Crippen molar-refractivity contribution in [2.75, 3.05) is 11.9 Å². The number of carboxylic acids is 1. The molecule has 1 saturated heterocycles. The van der Waals surface area contributed by atoms with Gasteiger partial charge in [-0.2, -0.15) is 0 Å². The number of nitrogens with zero attached hydrogens (tertiary/aromatic N) is 1. The van der Waals surface area contributed by atoms with Crippen molar-refractivity contribution in [1.29, 1.82) is 0 Å². The van der Waals surface area contributed by atoms with Crippen LogP contribution < -0.4 is 5.32 Å². The summed E-state index contributed by atoms with van der Waals surface area (Å²) in [5, 5.41) is 12.0. The summed E-state index contributed by atoms with van der Waals surface area (Å²) < 4.78 is 0. The Hall–Kier alpha value is -2.04. The van der Waals surface area contributed by atoms with Gasteiger partial charge in [-0.25, -0.2) is 9.59 Å². The highest BCUT2D eigenvalue weighted by molar-refractivity contribution is 5.95. The monoisotopic (exact) mass is 290 g/mol. The lowest BCUT2D eigenvalue weighted by atomic mass is 9.92. The van der Waals surface area contributed by atoms with Crippen LogP contribution in [-0.2, 0) is 0 Å². The summed E-state index contributed by atoms with van der Waals surface area (Å²) in [6.45, 7) is 6.67. The molecular formula is C16H22N2O3. The molecule has 2 unspecified atom stereocenters. The zero-order valence-corrected chi connectivity index (χ0v) is 12.7. The number of amides is 2. The third-order valence-corrected chi connectivity index (χ3v) is 4.44. The van der Waals surface area contributed by atoms with Crippen molar-refractivity contribution in [2.24, 2.45) is 5.92 Å². The van der Waals surface area contributed by atoms with Crippen molar-refractivity contribution in [3.05, 3.63) is 29.3 Å². The minimum absolute atomic E-state index is 0.153. The maximum atomic E-state index is 12.4. The molecule has 5 heteroatoms. The van der Waals surface area contributed by atoms with Gasteiger partial charge in [0.25, 0.3) is 0 Å². The molecule has 2 rings (SSSR count). The van der Waals surface area contributed by atoms with E-state index in [0.29, 0.717) is 17.2 Å². The molecule has 1 aromatic carbocycles. The van der Waals surface area contributed by atoms with E-state index >= 15 is 0 Å². The van der Waals surface area contributed by atoms with E-state index < -0.39 is 5.97 Å². The van der Waals surface area contributed by atoms with Crippen molar-refractivity contribution in [3.63, 3.8) is 0 Å². The summed E-state index contributed by atoms with van der Waals surface area (Å²) >= 11 is 0. The van der Waals surface area contributed by atoms with Gasteiger partial charge in [-0.05, 0) is 50.3 Å². The van der Waals surface area contributed by atoms with E-state index in [2.05, 4.69) is 19.2 Å². The van der Waals surface area contributed by atoms with Crippen LogP contribution in [0.3, 0.4) is 0 Å². The van der Waals surface area contributed by atoms with Gasteiger partial charge in [-0.15, -0.1) is 0 Å². The first-order chi connectivity index (χ1) is 9.91. The summed E-state index contributed by atoms with van der Waals surface area (Å²) in [5.74, 6) is -0.500. The molecule has 2 atom stereocenters. The Bertz CT molecular complexity index is 556. The predicted molar refractivity (Wildman–Crippen MR) is 81.7 cm³/mol. The molecule has 2 N–H and O–H groups in total. The zero-order valence-electron chi connectivity index (χ0n) is 12.7. The number of hydrogen-bond donors (Lipinski definition) is 2. The second-order valence-electron chi connectivity index (χ2n) is 5.77. The second-order valence-corrected chi connectivity index (χ2v) is 5.77. The van der Waals surface area contributed by atoms with Gasteiger partial charge in [0.2, 0.25) is 0 Å². The molecule has 0 aliphatic carbocycles. The summed E-state index contributed by atoms with van der Waals surface area (Å²) in [7, 11) is 0. The maximum Gasteiger partial charge on any atom is 0.336 e. The van der Waals surface area contributed by atoms with Gasteiger partial charge in [-0.3, -0.25) is 0 Å². The maximum absolute atomic E-state index is 12.4. The first-order valence-electron chi connectivity index (χ1n) is 7.32. The number of carboxylic acid groups (broad SMARTS) is 1. The quantitative estimate of drug-likeness (QED) is 0.877. The summed E-state index contributed by atoms with van der Waals surface area (Å²) in [6.07, 6.45) is 2.14. The number of nitrogens with one attached hydrogen (secondary N) is 1. The Kier molecular flexibility index (Phi) is 4.50. The van der Waals surface area contributed by atoms with Crippen LogP contribution in [0.4, 0.5) is 10.5 Å². The molecule has 0 spiro atoms. The van der Waals surface area contributed by atoms with Crippen LogP contribution >= 0.6 is 0 Å². The number of aromatic carboxylic acids is 1. The van der Waals surface area contributed by atoms with Gasteiger partial charge < -0.3 is 15.3 Å². The highest BCUT2D eigenvalue weighted by Gasteiger charge is 2.28. The Labute approximate surface area is 125 Å². The number of carbonyl (C=O) groups excluding carboxylic acids is 1. The minimum Gasteiger partial charge on any atom is -0.478 e. The highest BCUT2D eigenvalue weighted by Crippen LogP contribution is 2.25. The summed E-state index contributed by atoms with van der Waals surface area (Å²) in [4.78, 5) is 25.4. The molecule has 1 aromatic rings. The Balaban J connectivity index is 2.16. The predicted octanol–water partition coefficient (Wildman–Crippen LogP) is 3.35. The average molecular weight is 290 g/mol. The van der Waals surface area contributed by atoms with E-state index in [4.69, 9.17) is 5.11 Å². The Morgan fingerprint density at radius 1 is 1.33 bits per heavy atom. The fourth-order valence-electron chi connectivity index (χ4n) is 2.81. The first kappa shape index (κ1) is 15.4. The van der Waals surface area contributed by atoms with E-state index in [9.17, 15) is 9.59 Å². The number of benzene rings is 1. The summed E-state index contributed by atoms with van der Waals surface area (Å²) in [5.41, 5.74) is 1.36. The molecular weight excluding hydrogens is 268 g/mol. The first-order valence-corrected chi connectivity index (χ1v) is 7.32. The van der Waals surface area contributed by atoms with Crippen LogP contribution in [0.15, 0.2) is 18.2 Å². The third kappa shape index (κ3) is 3.17. The molecule has 0 bridgehead atoms. The Morgan fingerprint density at radius 3 is 2.71 bits per heavy atom. The van der Waals surface area contributed by atoms with Gasteiger partial charge in [0, 0.05) is 18.3 Å². The standard InChI is InChI=1S/C16H22N2O3/c1-10-6-5-9-18(12(10)3)16(21)17-14-8-4-7-13(11(14)2)15(19)20/h4,7-8,10,12H,5-6,9H2,1-3H3,(H,17,21)(H,19,20). The molecule has 5 nitrogen and oxygen atoms in total. The van der Waals surface area contributed by atoms with E-state index in [1.165, 1.54) is 0 Å².